The Morgan fingerprint density at radius 1 is 1.10 bits per heavy atom. The molecule has 3 rings (SSSR count). The zero-order chi connectivity index (χ0) is 20.9. The SMILES string of the molecule is CC(C)(C)OC(=O)NC[C@@H]1CCCCN1C(=O)C1CCN(c2ncccn2)CC1. The summed E-state index contributed by atoms with van der Waals surface area (Å²) in [4.78, 5) is 38.0. The standard InChI is InChI=1S/C21H33N5O3/c1-21(2,3)29-20(28)24-15-17-7-4-5-12-26(17)18(27)16-8-13-25(14-9-16)19-22-10-6-11-23-19/h6,10-11,16-17H,4-5,7-9,12-15H2,1-3H3,(H,24,28)/t17-/m0/s1. The number of likely N-dealkylation sites (tertiary alicyclic amines) is 1. The number of carbonyl (C=O) groups excluding carboxylic acids is 2. The Kier molecular flexibility index (Phi) is 6.92. The summed E-state index contributed by atoms with van der Waals surface area (Å²) in [5.41, 5.74) is -0.525. The van der Waals surface area contributed by atoms with E-state index in [9.17, 15) is 9.59 Å². The smallest absolute Gasteiger partial charge is 0.407 e. The number of amides is 2. The van der Waals surface area contributed by atoms with Gasteiger partial charge in [0.15, 0.2) is 0 Å². The van der Waals surface area contributed by atoms with Gasteiger partial charge in [0.2, 0.25) is 11.9 Å². The molecule has 0 unspecified atom stereocenters. The maximum Gasteiger partial charge on any atom is 0.407 e. The Morgan fingerprint density at radius 2 is 1.79 bits per heavy atom. The topological polar surface area (TPSA) is 87.7 Å². The molecule has 8 heteroatoms. The van der Waals surface area contributed by atoms with E-state index in [1.807, 2.05) is 31.7 Å². The van der Waals surface area contributed by atoms with Crippen molar-refractivity contribution in [2.24, 2.45) is 5.92 Å². The van der Waals surface area contributed by atoms with Crippen LogP contribution in [-0.2, 0) is 9.53 Å². The van der Waals surface area contributed by atoms with Crippen LogP contribution in [0.15, 0.2) is 18.5 Å². The first-order chi connectivity index (χ1) is 13.8. The molecule has 2 aliphatic heterocycles. The number of anilines is 1. The molecule has 0 bridgehead atoms. The summed E-state index contributed by atoms with van der Waals surface area (Å²) in [6.07, 6.45) is 7.69. The Bertz CT molecular complexity index is 683. The third-order valence-electron chi connectivity index (χ3n) is 5.47. The fourth-order valence-corrected chi connectivity index (χ4v) is 4.03. The van der Waals surface area contributed by atoms with Gasteiger partial charge in [-0.2, -0.15) is 0 Å². The minimum absolute atomic E-state index is 0.0251. The molecule has 2 fully saturated rings. The predicted octanol–water partition coefficient (Wildman–Crippen LogP) is 2.60. The second-order valence-corrected chi connectivity index (χ2v) is 8.87. The lowest BCUT2D eigenvalue weighted by molar-refractivity contribution is -0.139. The molecule has 29 heavy (non-hydrogen) atoms. The van der Waals surface area contributed by atoms with Crippen LogP contribution in [0.3, 0.4) is 0 Å². The molecule has 3 heterocycles. The summed E-state index contributed by atoms with van der Waals surface area (Å²) in [5.74, 6) is 0.974. The van der Waals surface area contributed by atoms with Crippen molar-refractivity contribution in [3.8, 4) is 0 Å². The molecule has 0 aromatic carbocycles. The van der Waals surface area contributed by atoms with Crippen molar-refractivity contribution in [3.05, 3.63) is 18.5 Å². The van der Waals surface area contributed by atoms with Crippen molar-refractivity contribution >= 4 is 17.9 Å². The summed E-state index contributed by atoms with van der Waals surface area (Å²) in [7, 11) is 0. The number of carbonyl (C=O) groups is 2. The molecule has 160 valence electrons. The zero-order valence-electron chi connectivity index (χ0n) is 17.8. The Labute approximate surface area is 173 Å². The largest absolute Gasteiger partial charge is 0.444 e. The fourth-order valence-electron chi connectivity index (χ4n) is 4.03. The molecule has 1 N–H and O–H groups in total. The highest BCUT2D eigenvalue weighted by atomic mass is 16.6. The van der Waals surface area contributed by atoms with E-state index in [4.69, 9.17) is 4.74 Å². The summed E-state index contributed by atoms with van der Waals surface area (Å²) >= 11 is 0. The van der Waals surface area contributed by atoms with Crippen molar-refractivity contribution in [2.75, 3.05) is 31.1 Å². The molecule has 2 saturated heterocycles. The van der Waals surface area contributed by atoms with Crippen molar-refractivity contribution in [3.63, 3.8) is 0 Å². The van der Waals surface area contributed by atoms with Crippen LogP contribution in [0.25, 0.3) is 0 Å². The van der Waals surface area contributed by atoms with Gasteiger partial charge >= 0.3 is 6.09 Å². The lowest BCUT2D eigenvalue weighted by Gasteiger charge is -2.40. The molecule has 1 aromatic rings. The van der Waals surface area contributed by atoms with E-state index in [1.165, 1.54) is 0 Å². The van der Waals surface area contributed by atoms with Crippen molar-refractivity contribution < 1.29 is 14.3 Å². The molecule has 1 aromatic heterocycles. The summed E-state index contributed by atoms with van der Waals surface area (Å²) < 4.78 is 5.32. The van der Waals surface area contributed by atoms with Crippen LogP contribution in [0.4, 0.5) is 10.7 Å². The third-order valence-corrected chi connectivity index (χ3v) is 5.47. The lowest BCUT2D eigenvalue weighted by atomic mass is 9.92. The predicted molar refractivity (Wildman–Crippen MR) is 111 cm³/mol. The highest BCUT2D eigenvalue weighted by molar-refractivity contribution is 5.79. The molecule has 1 atom stereocenters. The van der Waals surface area contributed by atoms with Crippen LogP contribution in [0.2, 0.25) is 0 Å². The number of hydrogen-bond donors (Lipinski definition) is 1. The summed E-state index contributed by atoms with van der Waals surface area (Å²) in [6.45, 7) is 8.31. The van der Waals surface area contributed by atoms with Gasteiger partial charge < -0.3 is 19.9 Å². The number of hydrogen-bond acceptors (Lipinski definition) is 6. The monoisotopic (exact) mass is 403 g/mol. The van der Waals surface area contributed by atoms with Gasteiger partial charge in [0.05, 0.1) is 0 Å². The van der Waals surface area contributed by atoms with E-state index < -0.39 is 11.7 Å². The van der Waals surface area contributed by atoms with Crippen molar-refractivity contribution in [2.45, 2.75) is 64.5 Å². The first-order valence-corrected chi connectivity index (χ1v) is 10.6. The van der Waals surface area contributed by atoms with Crippen LogP contribution in [0, 0.1) is 5.92 Å². The number of nitrogens with zero attached hydrogens (tertiary/aromatic N) is 4. The first kappa shape index (κ1) is 21.3. The van der Waals surface area contributed by atoms with Gasteiger partial charge in [-0.1, -0.05) is 0 Å². The van der Waals surface area contributed by atoms with Gasteiger partial charge in [0.25, 0.3) is 0 Å². The van der Waals surface area contributed by atoms with Crippen LogP contribution in [0.1, 0.15) is 52.9 Å². The van der Waals surface area contributed by atoms with E-state index in [0.717, 1.165) is 57.7 Å². The van der Waals surface area contributed by atoms with Crippen LogP contribution in [-0.4, -0.2) is 64.7 Å². The van der Waals surface area contributed by atoms with E-state index in [-0.39, 0.29) is 17.9 Å². The van der Waals surface area contributed by atoms with Gasteiger partial charge in [0, 0.05) is 50.5 Å². The first-order valence-electron chi connectivity index (χ1n) is 10.6. The van der Waals surface area contributed by atoms with Crippen molar-refractivity contribution in [1.29, 1.82) is 0 Å². The van der Waals surface area contributed by atoms with Crippen LogP contribution >= 0.6 is 0 Å². The van der Waals surface area contributed by atoms with E-state index >= 15 is 0 Å². The van der Waals surface area contributed by atoms with Gasteiger partial charge in [-0.25, -0.2) is 14.8 Å². The number of ether oxygens (including phenoxy) is 1. The molecule has 0 spiro atoms. The highest BCUT2D eigenvalue weighted by Crippen LogP contribution is 2.26. The molecular weight excluding hydrogens is 370 g/mol. The summed E-state index contributed by atoms with van der Waals surface area (Å²) in [6, 6.07) is 1.85. The van der Waals surface area contributed by atoms with Gasteiger partial charge in [0.1, 0.15) is 5.60 Å². The maximum absolute atomic E-state index is 13.2. The normalized spacial score (nSPS) is 21.0. The van der Waals surface area contributed by atoms with E-state index in [2.05, 4.69) is 20.2 Å². The van der Waals surface area contributed by atoms with Crippen LogP contribution < -0.4 is 10.2 Å². The second kappa shape index (κ2) is 9.41. The van der Waals surface area contributed by atoms with Gasteiger partial charge in [-0.3, -0.25) is 4.79 Å². The molecule has 0 radical (unpaired) electrons. The zero-order valence-corrected chi connectivity index (χ0v) is 17.8. The molecule has 0 aliphatic carbocycles. The van der Waals surface area contributed by atoms with Gasteiger partial charge in [-0.15, -0.1) is 0 Å². The number of nitrogens with one attached hydrogen (secondary N) is 1. The lowest BCUT2D eigenvalue weighted by Crippen LogP contribution is -2.53. The molecule has 8 nitrogen and oxygen atoms in total. The average Bonchev–Trinajstić information content (AvgIpc) is 2.71. The van der Waals surface area contributed by atoms with Crippen LogP contribution in [0.5, 0.6) is 0 Å². The Morgan fingerprint density at radius 3 is 2.45 bits per heavy atom. The number of aromatic nitrogens is 2. The average molecular weight is 404 g/mol. The molecule has 2 aliphatic rings. The van der Waals surface area contributed by atoms with E-state index in [1.54, 1.807) is 12.4 Å². The number of rotatable bonds is 4. The van der Waals surface area contributed by atoms with Crippen molar-refractivity contribution in [1.82, 2.24) is 20.2 Å². The Balaban J connectivity index is 1.52. The maximum atomic E-state index is 13.2. The molecule has 0 saturated carbocycles. The van der Waals surface area contributed by atoms with E-state index in [0.29, 0.717) is 6.54 Å². The second-order valence-electron chi connectivity index (χ2n) is 8.87. The number of piperidine rings is 2. The fraction of sp³-hybridized carbons (Fsp3) is 0.714. The minimum atomic E-state index is -0.525. The minimum Gasteiger partial charge on any atom is -0.444 e. The third kappa shape index (κ3) is 6.05. The van der Waals surface area contributed by atoms with Gasteiger partial charge in [-0.05, 0) is 58.9 Å². The quantitative estimate of drug-likeness (QED) is 0.831. The highest BCUT2D eigenvalue weighted by Gasteiger charge is 2.34. The Hall–Kier alpha value is -2.38. The molecule has 2 amide bonds. The summed E-state index contributed by atoms with van der Waals surface area (Å²) in [5, 5.41) is 2.85. The number of alkyl carbamates (subject to hydrolysis) is 1. The molecular formula is C21H33N5O3.